The molecule has 3 atom stereocenters. The predicted molar refractivity (Wildman–Crippen MR) is 360 cm³/mol. The summed E-state index contributed by atoms with van der Waals surface area (Å²) >= 11 is 5.29. The Bertz CT molecular complexity index is 4180. The minimum atomic E-state index is -0.734. The predicted octanol–water partition coefficient (Wildman–Crippen LogP) is 10.3. The minimum absolute atomic E-state index is 0. The van der Waals surface area contributed by atoms with Crippen molar-refractivity contribution in [3.63, 3.8) is 0 Å². The number of cyclic esters (lactones) is 3. The fourth-order valence-corrected chi connectivity index (χ4v) is 10.9. The van der Waals surface area contributed by atoms with E-state index in [4.69, 9.17) is 80.9 Å². The molecule has 0 aliphatic carbocycles. The summed E-state index contributed by atoms with van der Waals surface area (Å²) in [7, 11) is 0. The molecule has 3 fully saturated rings. The molecule has 32 heteroatoms. The van der Waals surface area contributed by atoms with Gasteiger partial charge in [-0.1, -0.05) is 22.3 Å². The van der Waals surface area contributed by atoms with Crippen LogP contribution in [-0.2, 0) is 59.6 Å². The van der Waals surface area contributed by atoms with Crippen molar-refractivity contribution in [3.05, 3.63) is 189 Å². The molecule has 7 heterocycles. The van der Waals surface area contributed by atoms with Gasteiger partial charge in [-0.05, 0) is 133 Å². The smallest absolute Gasteiger partial charge is 0.414 e. The zero-order valence-electron chi connectivity index (χ0n) is 51.5. The van der Waals surface area contributed by atoms with E-state index in [9.17, 15) is 51.1 Å². The Morgan fingerprint density at radius 3 is 1.06 bits per heavy atom. The SMILES string of the molecule is C.C.C.NC[C@@H]1CN(c2ccc(N)cc2)C(=O)O1.Nc1ccc(N2C[C@@H](CNC(=O)c3cc(F)cc4c3OCOC4)OC2=O)cc1.O=C(Cl)c1cc(F)cc2c1OCOC2.O=C(NC[C@@H]1CN(c2ccc(NC(=O)c3cc(F)cc4c3OCOC4)cc2)C(=O)O1)c1cc(F)cc2c1OCOC2. The van der Waals surface area contributed by atoms with E-state index in [-0.39, 0.29) is 148 Å². The summed E-state index contributed by atoms with van der Waals surface area (Å²) in [6, 6.07) is 29.7. The summed E-state index contributed by atoms with van der Waals surface area (Å²) in [5.74, 6) is -2.78. The minimum Gasteiger partial charge on any atom is -0.466 e. The number of amides is 6. The number of nitrogens with zero attached hydrogens (tertiary/aromatic N) is 3. The van der Waals surface area contributed by atoms with Crippen LogP contribution in [0.5, 0.6) is 23.0 Å². The molecule has 3 saturated heterocycles. The highest BCUT2D eigenvalue weighted by atomic mass is 35.5. The molecule has 7 aromatic carbocycles. The van der Waals surface area contributed by atoms with Crippen molar-refractivity contribution in [2.75, 3.05) is 97.9 Å². The summed E-state index contributed by atoms with van der Waals surface area (Å²) in [6.45, 7) is 1.95. The lowest BCUT2D eigenvalue weighted by molar-refractivity contribution is -0.0172. The molecule has 536 valence electrons. The van der Waals surface area contributed by atoms with Gasteiger partial charge in [0.25, 0.3) is 23.0 Å². The number of halogens is 5. The average Bonchev–Trinajstić information content (AvgIpc) is 1.81. The summed E-state index contributed by atoms with van der Waals surface area (Å²) in [4.78, 5) is 89.6. The monoisotopic (exact) mass is 1430 g/mol. The highest BCUT2D eigenvalue weighted by Gasteiger charge is 2.36. The van der Waals surface area contributed by atoms with Crippen molar-refractivity contribution < 1.29 is 103 Å². The van der Waals surface area contributed by atoms with Crippen molar-refractivity contribution in [2.24, 2.45) is 5.73 Å². The van der Waals surface area contributed by atoms with E-state index in [2.05, 4.69) is 16.0 Å². The van der Waals surface area contributed by atoms with Gasteiger partial charge in [-0.15, -0.1) is 0 Å². The van der Waals surface area contributed by atoms with Crippen LogP contribution >= 0.6 is 11.6 Å². The molecular weight excluding hydrogens is 1350 g/mol. The van der Waals surface area contributed by atoms with E-state index in [0.717, 1.165) is 30.0 Å². The Balaban J connectivity index is 0.000000186. The van der Waals surface area contributed by atoms with E-state index in [1.54, 1.807) is 77.7 Å². The first kappa shape index (κ1) is 75.8. The zero-order valence-corrected chi connectivity index (χ0v) is 52.2. The number of hydrogen-bond acceptors (Lipinski definition) is 21. The first-order valence-electron chi connectivity index (χ1n) is 29.9. The number of carbonyl (C=O) groups excluding carboxylic acids is 7. The van der Waals surface area contributed by atoms with E-state index < -0.39 is 70.6 Å². The van der Waals surface area contributed by atoms with Gasteiger partial charge in [0, 0.05) is 62.9 Å². The zero-order chi connectivity index (χ0) is 69.1. The van der Waals surface area contributed by atoms with Crippen molar-refractivity contribution in [1.29, 1.82) is 0 Å². The van der Waals surface area contributed by atoms with Crippen molar-refractivity contribution >= 4 is 87.0 Å². The lowest BCUT2D eigenvalue weighted by atomic mass is 10.1. The molecule has 0 saturated carbocycles. The number of nitrogens with two attached hydrogens (primary N) is 3. The number of ether oxygens (including phenoxy) is 11. The fraction of sp³-hybridized carbons (Fsp3) is 0.290. The van der Waals surface area contributed by atoms with Crippen molar-refractivity contribution in [3.8, 4) is 23.0 Å². The molecular formula is C69H72ClF4N9O18. The second-order valence-electron chi connectivity index (χ2n) is 22.2. The lowest BCUT2D eigenvalue weighted by Crippen LogP contribution is -2.35. The first-order chi connectivity index (χ1) is 47.2. The third kappa shape index (κ3) is 18.5. The van der Waals surface area contributed by atoms with Gasteiger partial charge in [0.1, 0.15) is 64.6 Å². The molecule has 9 N–H and O–H groups in total. The van der Waals surface area contributed by atoms with Crippen molar-refractivity contribution in [1.82, 2.24) is 10.6 Å². The molecule has 7 aromatic rings. The third-order valence-corrected chi connectivity index (χ3v) is 15.6. The second-order valence-corrected chi connectivity index (χ2v) is 22.5. The van der Waals surface area contributed by atoms with Crippen LogP contribution in [-0.4, -0.2) is 126 Å². The molecule has 0 spiro atoms. The maximum Gasteiger partial charge on any atom is 0.414 e. The van der Waals surface area contributed by atoms with Crippen LogP contribution in [0.2, 0.25) is 0 Å². The van der Waals surface area contributed by atoms with Crippen molar-refractivity contribution in [2.45, 2.75) is 67.0 Å². The van der Waals surface area contributed by atoms with Gasteiger partial charge in [0.05, 0.1) is 81.4 Å². The Labute approximate surface area is 581 Å². The number of carbonyl (C=O) groups is 7. The standard InChI is InChI=1S/C28H23F2N3O8.C19H18FN3O5.C10H13N3O2.C9H6ClFO3.3CH4/c29-17-5-15-11-37-13-39-24(15)22(7-17)26(34)31-9-21-10-33(28(36)41-21)20-3-1-19(2-4-20)32-27(35)23-8-18(30)6-16-12-38-14-40-25(16)23;20-12-5-11-9-26-10-27-17(11)16(6-12)18(24)22-7-15-8-23(19(25)28-15)14-3-1-13(21)2-4-14;11-5-9-6-13(10(14)15-9)8-3-1-7(12)2-4-8;10-9(12)7-2-6(11)1-5-3-13-4-14-8(5)7;;;/h1-8,21H,9-14H2,(H,31,34)(H,32,35);1-6,15H,7-10,21H2,(H,22,24);1-4,9H,5-6,11-12H2;1-2H,3-4H2;3*1H4/t21-;15-;9-;;;;/m111..../s1. The Morgan fingerprint density at radius 1 is 0.436 bits per heavy atom. The van der Waals surface area contributed by atoms with E-state index in [0.29, 0.717) is 75.3 Å². The number of anilines is 6. The number of benzene rings is 7. The van der Waals surface area contributed by atoms with Crippen LogP contribution in [0.25, 0.3) is 0 Å². The van der Waals surface area contributed by atoms with Gasteiger partial charge < -0.3 is 85.3 Å². The van der Waals surface area contributed by atoms with Crippen LogP contribution < -0.4 is 66.8 Å². The highest BCUT2D eigenvalue weighted by Crippen LogP contribution is 2.35. The molecule has 27 nitrogen and oxygen atoms in total. The van der Waals surface area contributed by atoms with Gasteiger partial charge >= 0.3 is 18.3 Å². The number of fused-ring (bicyclic) bond motifs is 4. The maximum atomic E-state index is 14.0. The van der Waals surface area contributed by atoms with Crippen LogP contribution in [0.4, 0.5) is 66.1 Å². The molecule has 101 heavy (non-hydrogen) atoms. The molecule has 7 aliphatic heterocycles. The van der Waals surface area contributed by atoms with E-state index in [1.165, 1.54) is 34.1 Å². The summed E-state index contributed by atoms with van der Waals surface area (Å²) in [6.07, 6.45) is -2.89. The number of rotatable bonds is 13. The highest BCUT2D eigenvalue weighted by molar-refractivity contribution is 6.68. The number of hydrogen-bond donors (Lipinski definition) is 6. The normalized spacial score (nSPS) is 17.2. The summed E-state index contributed by atoms with van der Waals surface area (Å²) in [5.41, 5.74) is 22.3. The van der Waals surface area contributed by atoms with E-state index >= 15 is 0 Å². The third-order valence-electron chi connectivity index (χ3n) is 15.4. The number of nitrogens with one attached hydrogen (secondary N) is 3. The first-order valence-corrected chi connectivity index (χ1v) is 30.3. The summed E-state index contributed by atoms with van der Waals surface area (Å²) < 4.78 is 112. The number of nitrogen functional groups attached to an aromatic ring is 2. The molecule has 0 unspecified atom stereocenters. The fourth-order valence-electron chi connectivity index (χ4n) is 10.7. The van der Waals surface area contributed by atoms with Crippen LogP contribution in [0, 0.1) is 23.3 Å². The Hall–Kier alpha value is -11.0. The van der Waals surface area contributed by atoms with E-state index in [1.807, 2.05) is 0 Å². The molecule has 0 radical (unpaired) electrons. The second kappa shape index (κ2) is 34.2. The average molecular weight is 1430 g/mol. The molecule has 6 amide bonds. The Morgan fingerprint density at radius 2 is 0.733 bits per heavy atom. The summed E-state index contributed by atoms with van der Waals surface area (Å²) in [5, 5.41) is 7.29. The van der Waals surface area contributed by atoms with Gasteiger partial charge in [0.2, 0.25) is 0 Å². The molecule has 7 aliphatic rings. The van der Waals surface area contributed by atoms with Gasteiger partial charge in [-0.25, -0.2) is 31.9 Å². The molecule has 0 aromatic heterocycles. The lowest BCUT2D eigenvalue weighted by Gasteiger charge is -2.20. The molecule has 0 bridgehead atoms. The largest absolute Gasteiger partial charge is 0.466 e. The quantitative estimate of drug-likeness (QED) is 0.0270. The van der Waals surface area contributed by atoms with Gasteiger partial charge in [-0.3, -0.25) is 33.9 Å². The van der Waals surface area contributed by atoms with Crippen LogP contribution in [0.15, 0.2) is 121 Å². The van der Waals surface area contributed by atoms with Crippen LogP contribution in [0.1, 0.15) is 86.0 Å². The van der Waals surface area contributed by atoms with Gasteiger partial charge in [0.15, 0.2) is 27.2 Å². The molecule has 14 rings (SSSR count). The topological polar surface area (TPSA) is 345 Å². The Kier molecular flexibility index (Phi) is 25.7. The maximum absolute atomic E-state index is 14.0. The van der Waals surface area contributed by atoms with Crippen LogP contribution in [0.3, 0.4) is 0 Å². The van der Waals surface area contributed by atoms with Gasteiger partial charge in [-0.2, -0.15) is 0 Å².